The molecule has 0 fully saturated rings. The number of fused-ring (bicyclic) bond motifs is 2. The Hall–Kier alpha value is -2.75. The fraction of sp³-hybridized carbons (Fsp3) is 0.111. The van der Waals surface area contributed by atoms with Crippen molar-refractivity contribution in [2.45, 2.75) is 13.3 Å². The van der Waals surface area contributed by atoms with E-state index in [1.807, 2.05) is 43.3 Å². The summed E-state index contributed by atoms with van der Waals surface area (Å²) in [5, 5.41) is 8.89. The van der Waals surface area contributed by atoms with Crippen molar-refractivity contribution in [1.29, 1.82) is 0 Å². The molecule has 0 spiro atoms. The molecular weight excluding hydrogens is 277 g/mol. The van der Waals surface area contributed by atoms with Crippen molar-refractivity contribution >= 4 is 21.8 Å². The summed E-state index contributed by atoms with van der Waals surface area (Å²) in [7, 11) is 0. The minimum absolute atomic E-state index is 0.185. The number of halogens is 1. The Morgan fingerprint density at radius 1 is 1.09 bits per heavy atom. The normalized spacial score (nSPS) is 11.4. The van der Waals surface area contributed by atoms with E-state index in [2.05, 4.69) is 15.2 Å². The zero-order chi connectivity index (χ0) is 15.1. The van der Waals surface area contributed by atoms with Crippen LogP contribution in [0.1, 0.15) is 16.8 Å². The van der Waals surface area contributed by atoms with Crippen LogP contribution in [0.4, 0.5) is 4.39 Å². The fourth-order valence-electron chi connectivity index (χ4n) is 2.85. The zero-order valence-corrected chi connectivity index (χ0v) is 12.1. The lowest BCUT2D eigenvalue weighted by molar-refractivity contribution is 0.639. The smallest absolute Gasteiger partial charge is 0.131 e. The Labute approximate surface area is 126 Å². The van der Waals surface area contributed by atoms with Gasteiger partial charge in [-0.3, -0.25) is 10.1 Å². The largest absolute Gasteiger partial charge is 0.279 e. The molecule has 0 bridgehead atoms. The van der Waals surface area contributed by atoms with Crippen LogP contribution < -0.4 is 0 Å². The standard InChI is InChI=1S/C18H14FN3/c1-11-4-7-15(19)14-9-12(5-6-13(11)14)10-17-18-16(21-22-17)3-2-8-20-18/h2-9H,10H2,1H3,(H,21,22). The number of nitrogens with one attached hydrogen (secondary N) is 1. The summed E-state index contributed by atoms with van der Waals surface area (Å²) in [6, 6.07) is 13.0. The Kier molecular flexibility index (Phi) is 2.89. The average molecular weight is 291 g/mol. The van der Waals surface area contributed by atoms with Gasteiger partial charge in [-0.15, -0.1) is 0 Å². The van der Waals surface area contributed by atoms with Crippen molar-refractivity contribution in [3.8, 4) is 0 Å². The van der Waals surface area contributed by atoms with E-state index in [-0.39, 0.29) is 5.82 Å². The molecule has 0 aliphatic rings. The molecule has 2 heterocycles. The lowest BCUT2D eigenvalue weighted by Gasteiger charge is -2.06. The first-order chi connectivity index (χ1) is 10.7. The van der Waals surface area contributed by atoms with Crippen molar-refractivity contribution in [2.24, 2.45) is 0 Å². The van der Waals surface area contributed by atoms with Crippen molar-refractivity contribution in [3.63, 3.8) is 0 Å². The van der Waals surface area contributed by atoms with Gasteiger partial charge in [-0.25, -0.2) is 4.39 Å². The highest BCUT2D eigenvalue weighted by atomic mass is 19.1. The topological polar surface area (TPSA) is 41.6 Å². The van der Waals surface area contributed by atoms with Crippen LogP contribution in [-0.4, -0.2) is 15.2 Å². The van der Waals surface area contributed by atoms with Gasteiger partial charge in [0.2, 0.25) is 0 Å². The van der Waals surface area contributed by atoms with Gasteiger partial charge in [0.05, 0.1) is 5.69 Å². The summed E-state index contributed by atoms with van der Waals surface area (Å²) < 4.78 is 14.0. The van der Waals surface area contributed by atoms with E-state index >= 15 is 0 Å². The van der Waals surface area contributed by atoms with Crippen molar-refractivity contribution < 1.29 is 4.39 Å². The van der Waals surface area contributed by atoms with Gasteiger partial charge in [0.1, 0.15) is 16.9 Å². The minimum atomic E-state index is -0.185. The number of aromatic amines is 1. The summed E-state index contributed by atoms with van der Waals surface area (Å²) in [5.74, 6) is -0.185. The number of rotatable bonds is 2. The molecule has 4 rings (SSSR count). The Morgan fingerprint density at radius 2 is 2.00 bits per heavy atom. The summed E-state index contributed by atoms with van der Waals surface area (Å²) >= 11 is 0. The molecule has 0 aliphatic carbocycles. The second-order valence-electron chi connectivity index (χ2n) is 5.49. The Morgan fingerprint density at radius 3 is 2.91 bits per heavy atom. The molecule has 0 saturated heterocycles. The second kappa shape index (κ2) is 4.91. The first kappa shape index (κ1) is 13.0. The maximum atomic E-state index is 14.0. The molecule has 0 atom stereocenters. The number of pyridine rings is 1. The fourth-order valence-corrected chi connectivity index (χ4v) is 2.85. The van der Waals surface area contributed by atoms with E-state index in [1.165, 1.54) is 6.07 Å². The van der Waals surface area contributed by atoms with E-state index in [0.29, 0.717) is 11.8 Å². The summed E-state index contributed by atoms with van der Waals surface area (Å²) in [6.45, 7) is 1.99. The third-order valence-corrected chi connectivity index (χ3v) is 4.01. The quantitative estimate of drug-likeness (QED) is 0.603. The number of nitrogens with zero attached hydrogens (tertiary/aromatic N) is 2. The molecule has 108 valence electrons. The zero-order valence-electron chi connectivity index (χ0n) is 12.1. The monoisotopic (exact) mass is 291 g/mol. The van der Waals surface area contributed by atoms with Crippen LogP contribution in [0, 0.1) is 12.7 Å². The molecule has 0 unspecified atom stereocenters. The highest BCUT2D eigenvalue weighted by molar-refractivity contribution is 5.87. The molecule has 4 heteroatoms. The Bertz CT molecular complexity index is 988. The number of benzene rings is 2. The van der Waals surface area contributed by atoms with Crippen molar-refractivity contribution in [3.05, 3.63) is 71.3 Å². The van der Waals surface area contributed by atoms with Crippen LogP contribution in [0.3, 0.4) is 0 Å². The average Bonchev–Trinajstić information content (AvgIpc) is 2.94. The van der Waals surface area contributed by atoms with E-state index in [1.54, 1.807) is 6.20 Å². The van der Waals surface area contributed by atoms with E-state index in [4.69, 9.17) is 0 Å². The molecule has 2 aromatic carbocycles. The number of aryl methyl sites for hydroxylation is 1. The van der Waals surface area contributed by atoms with Crippen molar-refractivity contribution in [2.75, 3.05) is 0 Å². The molecule has 0 saturated carbocycles. The summed E-state index contributed by atoms with van der Waals surface area (Å²) in [4.78, 5) is 4.36. The van der Waals surface area contributed by atoms with Gasteiger partial charge < -0.3 is 0 Å². The van der Waals surface area contributed by atoms with Gasteiger partial charge in [-0.2, -0.15) is 5.10 Å². The second-order valence-corrected chi connectivity index (χ2v) is 5.49. The maximum absolute atomic E-state index is 14.0. The molecule has 4 aromatic rings. The van der Waals surface area contributed by atoms with Gasteiger partial charge >= 0.3 is 0 Å². The number of hydrogen-bond acceptors (Lipinski definition) is 2. The van der Waals surface area contributed by atoms with Crippen LogP contribution in [0.2, 0.25) is 0 Å². The predicted octanol–water partition coefficient (Wildman–Crippen LogP) is 4.15. The third-order valence-electron chi connectivity index (χ3n) is 4.01. The highest BCUT2D eigenvalue weighted by Gasteiger charge is 2.09. The number of aromatic nitrogens is 3. The molecule has 1 N–H and O–H groups in total. The molecule has 0 radical (unpaired) electrons. The van der Waals surface area contributed by atoms with Crippen LogP contribution in [0.25, 0.3) is 21.8 Å². The highest BCUT2D eigenvalue weighted by Crippen LogP contribution is 2.24. The molecule has 0 aliphatic heterocycles. The molecule has 2 aromatic heterocycles. The third kappa shape index (κ3) is 2.04. The Balaban J connectivity index is 1.80. The van der Waals surface area contributed by atoms with Gasteiger partial charge in [0, 0.05) is 18.0 Å². The molecule has 22 heavy (non-hydrogen) atoms. The molecule has 3 nitrogen and oxygen atoms in total. The van der Waals surface area contributed by atoms with Crippen LogP contribution in [0.15, 0.2) is 48.7 Å². The molecular formula is C18H14FN3. The van der Waals surface area contributed by atoms with Gasteiger partial charge in [0.15, 0.2) is 0 Å². The van der Waals surface area contributed by atoms with E-state index in [0.717, 1.165) is 33.2 Å². The first-order valence-corrected chi connectivity index (χ1v) is 7.18. The van der Waals surface area contributed by atoms with Crippen LogP contribution >= 0.6 is 0 Å². The lowest BCUT2D eigenvalue weighted by Crippen LogP contribution is -1.92. The predicted molar refractivity (Wildman–Crippen MR) is 85.3 cm³/mol. The van der Waals surface area contributed by atoms with Crippen LogP contribution in [0.5, 0.6) is 0 Å². The SMILES string of the molecule is Cc1ccc(F)c2cc(Cc3[nH]nc4cccnc34)ccc12. The lowest BCUT2D eigenvalue weighted by atomic mass is 10.00. The first-order valence-electron chi connectivity index (χ1n) is 7.18. The number of hydrogen-bond donors (Lipinski definition) is 1. The van der Waals surface area contributed by atoms with E-state index < -0.39 is 0 Å². The van der Waals surface area contributed by atoms with Gasteiger partial charge in [-0.1, -0.05) is 18.2 Å². The minimum Gasteiger partial charge on any atom is -0.279 e. The van der Waals surface area contributed by atoms with Crippen molar-refractivity contribution in [1.82, 2.24) is 15.2 Å². The summed E-state index contributed by atoms with van der Waals surface area (Å²) in [5.41, 5.74) is 4.78. The van der Waals surface area contributed by atoms with E-state index in [9.17, 15) is 4.39 Å². The summed E-state index contributed by atoms with van der Waals surface area (Å²) in [6.07, 6.45) is 2.40. The molecule has 0 amide bonds. The maximum Gasteiger partial charge on any atom is 0.131 e. The van der Waals surface area contributed by atoms with Gasteiger partial charge in [0.25, 0.3) is 0 Å². The van der Waals surface area contributed by atoms with Crippen LogP contribution in [-0.2, 0) is 6.42 Å². The van der Waals surface area contributed by atoms with Gasteiger partial charge in [-0.05, 0) is 47.7 Å². The number of H-pyrrole nitrogens is 1.